The monoisotopic (exact) mass is 253 g/mol. The van der Waals surface area contributed by atoms with Crippen LogP contribution in [0.5, 0.6) is 0 Å². The molecule has 0 aliphatic carbocycles. The van der Waals surface area contributed by atoms with E-state index in [1.54, 1.807) is 0 Å². The Labute approximate surface area is 101 Å². The average Bonchev–Trinajstić information content (AvgIpc) is 2.85. The molecule has 0 aromatic carbocycles. The summed E-state index contributed by atoms with van der Waals surface area (Å²) in [6, 6.07) is 1.51. The number of carbonyl (C=O) groups is 1. The van der Waals surface area contributed by atoms with Crippen LogP contribution in [0.25, 0.3) is 11.4 Å². The number of nitrogens with zero attached hydrogens (tertiary/aromatic N) is 3. The van der Waals surface area contributed by atoms with E-state index in [2.05, 4.69) is 25.1 Å². The van der Waals surface area contributed by atoms with Crippen molar-refractivity contribution in [1.82, 2.24) is 20.4 Å². The van der Waals surface area contributed by atoms with Gasteiger partial charge in [-0.15, -0.1) is 0 Å². The van der Waals surface area contributed by atoms with Gasteiger partial charge in [-0.2, -0.15) is 15.4 Å². The van der Waals surface area contributed by atoms with Crippen LogP contribution < -0.4 is 5.73 Å². The summed E-state index contributed by atoms with van der Waals surface area (Å²) >= 11 is 5.87. The molecule has 0 aliphatic rings. The van der Waals surface area contributed by atoms with Gasteiger partial charge in [0.2, 0.25) is 0 Å². The highest BCUT2D eigenvalue weighted by Crippen LogP contribution is 2.27. The molecule has 2 aromatic rings. The van der Waals surface area contributed by atoms with Crippen LogP contribution in [-0.4, -0.2) is 33.5 Å². The van der Waals surface area contributed by atoms with Crippen LogP contribution in [0.4, 0.5) is 5.69 Å². The van der Waals surface area contributed by atoms with Crippen molar-refractivity contribution < 1.29 is 9.53 Å². The van der Waals surface area contributed by atoms with Crippen molar-refractivity contribution in [2.24, 2.45) is 0 Å². The Bertz CT molecular complexity index is 555. The molecule has 88 valence electrons. The molecule has 17 heavy (non-hydrogen) atoms. The van der Waals surface area contributed by atoms with Crippen molar-refractivity contribution >= 4 is 23.3 Å². The molecule has 0 saturated carbocycles. The fraction of sp³-hybridized carbons (Fsp3) is 0.111. The summed E-state index contributed by atoms with van der Waals surface area (Å²) in [5.74, 6) is -0.660. The highest BCUT2D eigenvalue weighted by Gasteiger charge is 2.18. The lowest BCUT2D eigenvalue weighted by Crippen LogP contribution is -2.08. The Kier molecular flexibility index (Phi) is 2.92. The van der Waals surface area contributed by atoms with Gasteiger partial charge in [0, 0.05) is 0 Å². The highest BCUT2D eigenvalue weighted by atomic mass is 35.5. The first-order chi connectivity index (χ1) is 8.13. The largest absolute Gasteiger partial charge is 0.464 e. The number of nitrogen functional groups attached to an aromatic ring is 1. The van der Waals surface area contributed by atoms with Crippen molar-refractivity contribution in [3.63, 3.8) is 0 Å². The Balaban J connectivity index is 2.57. The zero-order chi connectivity index (χ0) is 12.4. The highest BCUT2D eigenvalue weighted by molar-refractivity contribution is 6.35. The second kappa shape index (κ2) is 4.38. The van der Waals surface area contributed by atoms with Crippen molar-refractivity contribution in [1.29, 1.82) is 0 Å². The third kappa shape index (κ3) is 2.04. The number of methoxy groups -OCH3 is 1. The summed E-state index contributed by atoms with van der Waals surface area (Å²) in [5.41, 5.74) is 6.70. The van der Waals surface area contributed by atoms with Crippen molar-refractivity contribution in [2.45, 2.75) is 0 Å². The van der Waals surface area contributed by atoms with Crippen LogP contribution in [0, 0.1) is 0 Å². The molecule has 3 N–H and O–H groups in total. The second-order valence-corrected chi connectivity index (χ2v) is 3.48. The Morgan fingerprint density at radius 1 is 1.53 bits per heavy atom. The number of hydrogen-bond donors (Lipinski definition) is 2. The van der Waals surface area contributed by atoms with Gasteiger partial charge in [0.25, 0.3) is 0 Å². The number of aromatic nitrogens is 4. The van der Waals surface area contributed by atoms with E-state index in [1.165, 1.54) is 19.4 Å². The number of anilines is 1. The summed E-state index contributed by atoms with van der Waals surface area (Å²) in [4.78, 5) is 15.5. The topological polar surface area (TPSA) is 107 Å². The second-order valence-electron chi connectivity index (χ2n) is 3.11. The van der Waals surface area contributed by atoms with E-state index in [0.717, 1.165) is 0 Å². The first-order valence-corrected chi connectivity index (χ1v) is 4.91. The molecule has 0 atom stereocenters. The zero-order valence-electron chi connectivity index (χ0n) is 8.77. The lowest BCUT2D eigenvalue weighted by atomic mass is 10.2. The van der Waals surface area contributed by atoms with E-state index >= 15 is 0 Å². The lowest BCUT2D eigenvalue weighted by molar-refractivity contribution is 0.0594. The lowest BCUT2D eigenvalue weighted by Gasteiger charge is -2.06. The van der Waals surface area contributed by atoms with E-state index in [1.807, 2.05) is 0 Å². The molecule has 8 heteroatoms. The predicted octanol–water partition coefficient (Wildman–Crippen LogP) is 0.889. The van der Waals surface area contributed by atoms with Crippen LogP contribution in [0.2, 0.25) is 5.02 Å². The summed E-state index contributed by atoms with van der Waals surface area (Å²) in [6.07, 6.45) is 1.46. The molecule has 2 rings (SSSR count). The van der Waals surface area contributed by atoms with Gasteiger partial charge in [-0.05, 0) is 6.07 Å². The zero-order valence-corrected chi connectivity index (χ0v) is 9.52. The van der Waals surface area contributed by atoms with Crippen molar-refractivity contribution in [3.05, 3.63) is 23.0 Å². The van der Waals surface area contributed by atoms with Crippen molar-refractivity contribution in [2.75, 3.05) is 12.8 Å². The molecular weight excluding hydrogens is 246 g/mol. The summed E-state index contributed by atoms with van der Waals surface area (Å²) in [5, 5.41) is 9.97. The number of hydrogen-bond acceptors (Lipinski definition) is 6. The van der Waals surface area contributed by atoms with Gasteiger partial charge in [0.1, 0.15) is 5.69 Å². The maximum absolute atomic E-state index is 11.4. The molecule has 0 amide bonds. The van der Waals surface area contributed by atoms with Gasteiger partial charge in [0.15, 0.2) is 5.69 Å². The van der Waals surface area contributed by atoms with Gasteiger partial charge in [-0.25, -0.2) is 9.78 Å². The number of halogens is 1. The summed E-state index contributed by atoms with van der Waals surface area (Å²) in [7, 11) is 1.24. The molecule has 0 radical (unpaired) electrons. The summed E-state index contributed by atoms with van der Waals surface area (Å²) < 4.78 is 4.56. The van der Waals surface area contributed by atoms with E-state index in [-0.39, 0.29) is 16.4 Å². The smallest absolute Gasteiger partial charge is 0.358 e. The first kappa shape index (κ1) is 11.3. The van der Waals surface area contributed by atoms with Crippen LogP contribution >= 0.6 is 11.6 Å². The Morgan fingerprint density at radius 2 is 2.29 bits per heavy atom. The fourth-order valence-corrected chi connectivity index (χ4v) is 1.41. The van der Waals surface area contributed by atoms with Crippen LogP contribution in [0.1, 0.15) is 10.5 Å². The Morgan fingerprint density at radius 3 is 2.88 bits per heavy atom. The van der Waals surface area contributed by atoms with E-state index in [4.69, 9.17) is 17.3 Å². The minimum Gasteiger partial charge on any atom is -0.464 e. The van der Waals surface area contributed by atoms with Gasteiger partial charge in [0.05, 0.1) is 29.7 Å². The number of ether oxygens (including phenoxy) is 1. The molecule has 0 saturated heterocycles. The molecular formula is C9H8ClN5O2. The van der Waals surface area contributed by atoms with E-state index in [9.17, 15) is 4.79 Å². The normalized spacial score (nSPS) is 10.2. The van der Waals surface area contributed by atoms with Gasteiger partial charge in [-0.1, -0.05) is 11.6 Å². The van der Waals surface area contributed by atoms with Crippen LogP contribution in [0.15, 0.2) is 12.3 Å². The van der Waals surface area contributed by atoms with Crippen LogP contribution in [-0.2, 0) is 4.74 Å². The van der Waals surface area contributed by atoms with E-state index in [0.29, 0.717) is 11.4 Å². The number of H-pyrrole nitrogens is 1. The Hall–Kier alpha value is -2.15. The number of rotatable bonds is 2. The maximum atomic E-state index is 11.4. The number of nitrogens with two attached hydrogens (primary N) is 1. The quantitative estimate of drug-likeness (QED) is 0.770. The number of pyridine rings is 1. The number of esters is 1. The molecule has 2 aromatic heterocycles. The maximum Gasteiger partial charge on any atom is 0.358 e. The third-order valence-electron chi connectivity index (χ3n) is 2.04. The van der Waals surface area contributed by atoms with Gasteiger partial charge < -0.3 is 10.5 Å². The number of nitrogens with one attached hydrogen (secondary N) is 1. The molecule has 7 nitrogen and oxygen atoms in total. The number of aromatic amines is 1. The van der Waals surface area contributed by atoms with Crippen LogP contribution in [0.3, 0.4) is 0 Å². The van der Waals surface area contributed by atoms with Gasteiger partial charge in [-0.3, -0.25) is 0 Å². The fourth-order valence-electron chi connectivity index (χ4n) is 1.24. The number of carbonyl (C=O) groups excluding carboxylic acids is 1. The summed E-state index contributed by atoms with van der Waals surface area (Å²) in [6.45, 7) is 0. The molecule has 0 unspecified atom stereocenters. The average molecular weight is 254 g/mol. The molecule has 0 bridgehead atoms. The third-order valence-corrected chi connectivity index (χ3v) is 2.44. The molecule has 2 heterocycles. The van der Waals surface area contributed by atoms with Gasteiger partial charge >= 0.3 is 5.97 Å². The molecule has 0 fully saturated rings. The standard InChI is InChI=1S/C9H8ClN5O2/c1-17-9(16)8-7(10)4(11)2-5(13-8)6-3-12-15-14-6/h2-3H,1H3,(H2,11,13)(H,12,14,15). The van der Waals surface area contributed by atoms with Crippen molar-refractivity contribution in [3.8, 4) is 11.4 Å². The minimum absolute atomic E-state index is 0.0489. The SMILES string of the molecule is COC(=O)c1nc(-c2cn[nH]n2)cc(N)c1Cl. The predicted molar refractivity (Wildman–Crippen MR) is 60.4 cm³/mol. The molecule has 0 aliphatic heterocycles. The molecule has 0 spiro atoms. The minimum atomic E-state index is -0.660. The van der Waals surface area contributed by atoms with E-state index < -0.39 is 5.97 Å². The first-order valence-electron chi connectivity index (χ1n) is 4.54.